The Morgan fingerprint density at radius 2 is 2.28 bits per heavy atom. The third-order valence-electron chi connectivity index (χ3n) is 4.00. The largest absolute Gasteiger partial charge is 0.501 e. The van der Waals surface area contributed by atoms with Crippen LogP contribution in [-0.2, 0) is 14.2 Å². The van der Waals surface area contributed by atoms with Gasteiger partial charge in [-0.15, -0.1) is 0 Å². The van der Waals surface area contributed by atoms with Gasteiger partial charge in [-0.2, -0.15) is 0 Å². The van der Waals surface area contributed by atoms with Crippen LogP contribution in [0, 0.1) is 11.8 Å². The summed E-state index contributed by atoms with van der Waals surface area (Å²) in [5.41, 5.74) is 1.11. The van der Waals surface area contributed by atoms with Gasteiger partial charge in [0.25, 0.3) is 0 Å². The van der Waals surface area contributed by atoms with E-state index >= 15 is 0 Å². The van der Waals surface area contributed by atoms with Crippen molar-refractivity contribution in [1.82, 2.24) is 0 Å². The highest BCUT2D eigenvalue weighted by molar-refractivity contribution is 5.29. The van der Waals surface area contributed by atoms with E-state index in [2.05, 4.69) is 32.9 Å². The van der Waals surface area contributed by atoms with Gasteiger partial charge in [0.1, 0.15) is 0 Å². The van der Waals surface area contributed by atoms with Crippen molar-refractivity contribution in [2.24, 2.45) is 11.8 Å². The number of methoxy groups -OCH3 is 1. The van der Waals surface area contributed by atoms with E-state index in [1.54, 1.807) is 7.11 Å². The van der Waals surface area contributed by atoms with Crippen LogP contribution in [0.3, 0.4) is 0 Å². The molecule has 0 radical (unpaired) electrons. The summed E-state index contributed by atoms with van der Waals surface area (Å²) in [6, 6.07) is 0. The summed E-state index contributed by atoms with van der Waals surface area (Å²) < 4.78 is 17.2. The van der Waals surface area contributed by atoms with Gasteiger partial charge in [0.2, 0.25) is 0 Å². The minimum atomic E-state index is -0.207. The van der Waals surface area contributed by atoms with Gasteiger partial charge in [0, 0.05) is 11.5 Å². The standard InChI is InChI=1S/C15H24O3/c1-5-10(2)14-9-17-15(18-14)12-7-6-11(3)13(8-12)16-4/h7-8,10-11,14-15H,5-6,9H2,1-4H3. The fourth-order valence-electron chi connectivity index (χ4n) is 2.37. The van der Waals surface area contributed by atoms with E-state index in [0.29, 0.717) is 18.4 Å². The highest BCUT2D eigenvalue weighted by Crippen LogP contribution is 2.31. The van der Waals surface area contributed by atoms with E-state index in [0.717, 1.165) is 24.2 Å². The first-order valence-corrected chi connectivity index (χ1v) is 6.88. The summed E-state index contributed by atoms with van der Waals surface area (Å²) in [6.45, 7) is 7.26. The van der Waals surface area contributed by atoms with Gasteiger partial charge < -0.3 is 14.2 Å². The molecule has 1 fully saturated rings. The second kappa shape index (κ2) is 5.89. The van der Waals surface area contributed by atoms with Gasteiger partial charge in [0.15, 0.2) is 6.29 Å². The average Bonchev–Trinajstić information content (AvgIpc) is 2.88. The van der Waals surface area contributed by atoms with Gasteiger partial charge in [0.05, 0.1) is 25.6 Å². The van der Waals surface area contributed by atoms with Crippen LogP contribution in [0.4, 0.5) is 0 Å². The molecule has 0 spiro atoms. The summed E-state index contributed by atoms with van der Waals surface area (Å²) in [4.78, 5) is 0. The predicted octanol–water partition coefficient (Wildman–Crippen LogP) is 3.27. The predicted molar refractivity (Wildman–Crippen MR) is 71.0 cm³/mol. The van der Waals surface area contributed by atoms with E-state index in [4.69, 9.17) is 14.2 Å². The van der Waals surface area contributed by atoms with Crippen molar-refractivity contribution >= 4 is 0 Å². The van der Waals surface area contributed by atoms with Crippen molar-refractivity contribution in [2.75, 3.05) is 13.7 Å². The Labute approximate surface area is 110 Å². The Kier molecular flexibility index (Phi) is 4.46. The normalized spacial score (nSPS) is 33.9. The fraction of sp³-hybridized carbons (Fsp3) is 0.733. The molecule has 4 unspecified atom stereocenters. The Hall–Kier alpha value is -0.800. The molecular weight excluding hydrogens is 228 g/mol. The molecule has 102 valence electrons. The van der Waals surface area contributed by atoms with Gasteiger partial charge >= 0.3 is 0 Å². The van der Waals surface area contributed by atoms with E-state index in [-0.39, 0.29) is 12.4 Å². The zero-order chi connectivity index (χ0) is 13.1. The number of hydrogen-bond acceptors (Lipinski definition) is 3. The van der Waals surface area contributed by atoms with Crippen molar-refractivity contribution in [1.29, 1.82) is 0 Å². The molecule has 0 aromatic carbocycles. The highest BCUT2D eigenvalue weighted by Gasteiger charge is 2.32. The van der Waals surface area contributed by atoms with Crippen LogP contribution in [-0.4, -0.2) is 26.1 Å². The average molecular weight is 252 g/mol. The molecule has 1 heterocycles. The van der Waals surface area contributed by atoms with Crippen molar-refractivity contribution in [3.8, 4) is 0 Å². The van der Waals surface area contributed by atoms with Gasteiger partial charge in [-0.05, 0) is 18.4 Å². The van der Waals surface area contributed by atoms with Crippen molar-refractivity contribution < 1.29 is 14.2 Å². The molecule has 18 heavy (non-hydrogen) atoms. The number of allylic oxidation sites excluding steroid dienone is 2. The van der Waals surface area contributed by atoms with Gasteiger partial charge in [-0.3, -0.25) is 0 Å². The fourth-order valence-corrected chi connectivity index (χ4v) is 2.37. The lowest BCUT2D eigenvalue weighted by Gasteiger charge is -2.22. The summed E-state index contributed by atoms with van der Waals surface area (Å²) >= 11 is 0. The first-order valence-electron chi connectivity index (χ1n) is 6.88. The lowest BCUT2D eigenvalue weighted by atomic mass is 9.96. The minimum absolute atomic E-state index is 0.207. The summed E-state index contributed by atoms with van der Waals surface area (Å²) in [6.07, 6.45) is 6.40. The zero-order valence-corrected chi connectivity index (χ0v) is 11.8. The molecule has 0 amide bonds. The van der Waals surface area contributed by atoms with Crippen molar-refractivity contribution in [3.63, 3.8) is 0 Å². The molecule has 2 aliphatic rings. The SMILES string of the molecule is CCC(C)C1COC(C2=CCC(C)C(OC)=C2)O1. The second-order valence-electron chi connectivity index (χ2n) is 5.32. The molecule has 0 N–H and O–H groups in total. The number of ether oxygens (including phenoxy) is 3. The van der Waals surface area contributed by atoms with Crippen LogP contribution in [0.15, 0.2) is 23.5 Å². The van der Waals surface area contributed by atoms with Crippen molar-refractivity contribution in [3.05, 3.63) is 23.5 Å². The van der Waals surface area contributed by atoms with E-state index in [1.807, 2.05) is 0 Å². The van der Waals surface area contributed by atoms with Crippen LogP contribution in [0.2, 0.25) is 0 Å². The molecule has 0 bridgehead atoms. The van der Waals surface area contributed by atoms with Crippen molar-refractivity contribution in [2.45, 2.75) is 46.0 Å². The molecule has 2 rings (SSSR count). The Balaban J connectivity index is 2.00. The summed E-state index contributed by atoms with van der Waals surface area (Å²) in [5.74, 6) is 2.01. The molecule has 1 saturated heterocycles. The monoisotopic (exact) mass is 252 g/mol. The third-order valence-corrected chi connectivity index (χ3v) is 4.00. The van der Waals surface area contributed by atoms with Gasteiger partial charge in [-0.25, -0.2) is 0 Å². The molecule has 4 atom stereocenters. The first-order chi connectivity index (χ1) is 8.65. The molecule has 0 aromatic heterocycles. The molecule has 3 nitrogen and oxygen atoms in total. The first kappa shape index (κ1) is 13.6. The molecular formula is C15H24O3. The molecule has 3 heteroatoms. The number of rotatable bonds is 4. The maximum atomic E-state index is 5.99. The van der Waals surface area contributed by atoms with Crippen LogP contribution >= 0.6 is 0 Å². The topological polar surface area (TPSA) is 27.7 Å². The summed E-state index contributed by atoms with van der Waals surface area (Å²) in [7, 11) is 1.73. The van der Waals surface area contributed by atoms with Crippen LogP contribution < -0.4 is 0 Å². The highest BCUT2D eigenvalue weighted by atomic mass is 16.7. The van der Waals surface area contributed by atoms with Crippen LogP contribution in [0.1, 0.15) is 33.6 Å². The van der Waals surface area contributed by atoms with Crippen LogP contribution in [0.25, 0.3) is 0 Å². The molecule has 1 aliphatic heterocycles. The maximum absolute atomic E-state index is 5.99. The van der Waals surface area contributed by atoms with Crippen LogP contribution in [0.5, 0.6) is 0 Å². The lowest BCUT2D eigenvalue weighted by molar-refractivity contribution is -0.0368. The zero-order valence-electron chi connectivity index (χ0n) is 11.8. The van der Waals surface area contributed by atoms with E-state index in [9.17, 15) is 0 Å². The quantitative estimate of drug-likeness (QED) is 0.768. The Bertz CT molecular complexity index is 346. The molecule has 0 aromatic rings. The van der Waals surface area contributed by atoms with E-state index < -0.39 is 0 Å². The Morgan fingerprint density at radius 3 is 2.94 bits per heavy atom. The summed E-state index contributed by atoms with van der Waals surface area (Å²) in [5, 5.41) is 0. The second-order valence-corrected chi connectivity index (χ2v) is 5.32. The lowest BCUT2D eigenvalue weighted by Crippen LogP contribution is -2.21. The number of hydrogen-bond donors (Lipinski definition) is 0. The maximum Gasteiger partial charge on any atom is 0.184 e. The Morgan fingerprint density at radius 1 is 1.50 bits per heavy atom. The molecule has 0 saturated carbocycles. The van der Waals surface area contributed by atoms with Gasteiger partial charge in [-0.1, -0.05) is 33.3 Å². The van der Waals surface area contributed by atoms with E-state index in [1.165, 1.54) is 0 Å². The minimum Gasteiger partial charge on any atom is -0.501 e. The smallest absolute Gasteiger partial charge is 0.184 e. The third kappa shape index (κ3) is 2.78. The molecule has 1 aliphatic carbocycles.